The van der Waals surface area contributed by atoms with Crippen LogP contribution in [-0.2, 0) is 9.22 Å². The summed E-state index contributed by atoms with van der Waals surface area (Å²) >= 11 is 0. The van der Waals surface area contributed by atoms with Gasteiger partial charge in [-0.2, -0.15) is 0 Å². The van der Waals surface area contributed by atoms with Crippen molar-refractivity contribution in [2.75, 3.05) is 0 Å². The molecular weight excluding hydrogens is 388 g/mol. The van der Waals surface area contributed by atoms with Gasteiger partial charge in [-0.1, -0.05) is 87.0 Å². The first-order chi connectivity index (χ1) is 14.2. The number of carbonyl (C=O) groups excluding carboxylic acids is 1. The van der Waals surface area contributed by atoms with Crippen LogP contribution in [0.25, 0.3) is 0 Å². The summed E-state index contributed by atoms with van der Waals surface area (Å²) in [5, 5.41) is 13.9. The zero-order valence-electron chi connectivity index (χ0n) is 18.4. The molecular formula is C26H32O3Si. The Kier molecular flexibility index (Phi) is 5.37. The van der Waals surface area contributed by atoms with Crippen LogP contribution in [0, 0.1) is 5.92 Å². The molecule has 0 aliphatic heterocycles. The van der Waals surface area contributed by atoms with Crippen molar-refractivity contribution < 1.29 is 14.3 Å². The zero-order chi connectivity index (χ0) is 21.6. The van der Waals surface area contributed by atoms with Crippen molar-refractivity contribution in [1.82, 2.24) is 0 Å². The van der Waals surface area contributed by atoms with Gasteiger partial charge in [0.2, 0.25) is 0 Å². The first-order valence-electron chi connectivity index (χ1n) is 10.9. The van der Waals surface area contributed by atoms with Crippen LogP contribution in [-0.4, -0.2) is 30.9 Å². The van der Waals surface area contributed by atoms with E-state index < -0.39 is 13.9 Å². The summed E-state index contributed by atoms with van der Waals surface area (Å²) in [5.74, 6) is -0.0108. The molecule has 0 spiro atoms. The summed E-state index contributed by atoms with van der Waals surface area (Å²) in [7, 11) is -2.75. The molecule has 0 radical (unpaired) electrons. The molecule has 3 nitrogen and oxygen atoms in total. The summed E-state index contributed by atoms with van der Waals surface area (Å²) in [4.78, 5) is 12.1. The van der Waals surface area contributed by atoms with E-state index in [4.69, 9.17) is 4.43 Å². The predicted octanol–water partition coefficient (Wildman–Crippen LogP) is 3.99. The van der Waals surface area contributed by atoms with Gasteiger partial charge in [0.25, 0.3) is 8.32 Å². The van der Waals surface area contributed by atoms with Crippen LogP contribution in [0.3, 0.4) is 0 Å². The lowest BCUT2D eigenvalue weighted by molar-refractivity contribution is -0.121. The van der Waals surface area contributed by atoms with Gasteiger partial charge in [0, 0.05) is 12.3 Å². The molecule has 0 amide bonds. The van der Waals surface area contributed by atoms with Crippen LogP contribution in [0.2, 0.25) is 5.04 Å². The first kappa shape index (κ1) is 21.2. The van der Waals surface area contributed by atoms with Crippen LogP contribution in [0.1, 0.15) is 47.0 Å². The number of benzene rings is 2. The van der Waals surface area contributed by atoms with Gasteiger partial charge in [-0.25, -0.2) is 0 Å². The van der Waals surface area contributed by atoms with Crippen LogP contribution >= 0.6 is 0 Å². The Hall–Kier alpha value is -2.01. The minimum atomic E-state index is -2.75. The fraction of sp³-hybridized carbons (Fsp3) is 0.423. The maximum Gasteiger partial charge on any atom is 0.261 e. The largest absolute Gasteiger partial charge is 0.402 e. The van der Waals surface area contributed by atoms with E-state index in [1.54, 1.807) is 6.08 Å². The Balaban J connectivity index is 1.83. The number of hydrogen-bond acceptors (Lipinski definition) is 3. The molecule has 0 unspecified atom stereocenters. The monoisotopic (exact) mass is 420 g/mol. The molecule has 2 aliphatic rings. The molecule has 1 saturated carbocycles. The molecule has 158 valence electrons. The summed E-state index contributed by atoms with van der Waals surface area (Å²) in [6.45, 7) is 8.62. The van der Waals surface area contributed by atoms with Gasteiger partial charge in [-0.05, 0) is 41.3 Å². The molecule has 0 aromatic heterocycles. The summed E-state index contributed by atoms with van der Waals surface area (Å²) in [5.41, 5.74) is 0.0239. The molecule has 2 aromatic carbocycles. The maximum absolute atomic E-state index is 12.1. The van der Waals surface area contributed by atoms with E-state index in [9.17, 15) is 9.90 Å². The fourth-order valence-corrected chi connectivity index (χ4v) is 10.2. The minimum Gasteiger partial charge on any atom is -0.402 e. The van der Waals surface area contributed by atoms with Gasteiger partial charge < -0.3 is 9.53 Å². The molecule has 30 heavy (non-hydrogen) atoms. The summed E-state index contributed by atoms with van der Waals surface area (Å²) < 4.78 is 7.22. The Bertz CT molecular complexity index is 902. The van der Waals surface area contributed by atoms with Crippen molar-refractivity contribution in [3.8, 4) is 0 Å². The van der Waals surface area contributed by atoms with Gasteiger partial charge >= 0.3 is 0 Å². The predicted molar refractivity (Wildman–Crippen MR) is 124 cm³/mol. The molecule has 0 heterocycles. The first-order valence-corrected chi connectivity index (χ1v) is 12.8. The Labute approximate surface area is 180 Å². The second-order valence-electron chi connectivity index (χ2n) is 9.98. The van der Waals surface area contributed by atoms with Crippen molar-refractivity contribution in [2.24, 2.45) is 5.92 Å². The van der Waals surface area contributed by atoms with E-state index in [1.807, 2.05) is 19.1 Å². The highest BCUT2D eigenvalue weighted by Gasteiger charge is 2.56. The number of carbonyl (C=O) groups is 1. The lowest BCUT2D eigenvalue weighted by Gasteiger charge is -2.51. The Morgan fingerprint density at radius 3 is 2.03 bits per heavy atom. The number of ketones is 1. The van der Waals surface area contributed by atoms with Crippen LogP contribution in [0.5, 0.6) is 0 Å². The number of allylic oxidation sites excluding steroid dienone is 1. The fourth-order valence-electron chi connectivity index (χ4n) is 5.42. The number of fused-ring (bicyclic) bond motifs is 1. The van der Waals surface area contributed by atoms with E-state index >= 15 is 0 Å². The van der Waals surface area contributed by atoms with E-state index in [-0.39, 0.29) is 22.8 Å². The quantitative estimate of drug-likeness (QED) is 0.761. The lowest BCUT2D eigenvalue weighted by atomic mass is 9.72. The summed E-state index contributed by atoms with van der Waals surface area (Å²) in [6.07, 6.45) is 3.36. The second-order valence-corrected chi connectivity index (χ2v) is 14.2. The average molecular weight is 421 g/mol. The molecule has 1 fully saturated rings. The van der Waals surface area contributed by atoms with Crippen LogP contribution in [0.15, 0.2) is 72.3 Å². The van der Waals surface area contributed by atoms with Gasteiger partial charge in [0.05, 0.1) is 11.7 Å². The Morgan fingerprint density at radius 1 is 1.00 bits per heavy atom. The van der Waals surface area contributed by atoms with Gasteiger partial charge in [0.15, 0.2) is 5.78 Å². The molecule has 3 atom stereocenters. The standard InChI is InChI=1S/C26H32O3Si/c1-25(2,3)30(21-11-7-5-8-12-21,22-13-9-6-10-14-22)29-24-16-15-19-17-20(27)18-23(19)26(24,4)28/h5-14,17,23-24,28H,15-16,18H2,1-4H3/t23-,24-,26+/m1/s1. The Morgan fingerprint density at radius 2 is 1.53 bits per heavy atom. The minimum absolute atomic E-state index is 0.126. The van der Waals surface area contributed by atoms with Crippen molar-refractivity contribution in [2.45, 2.75) is 63.7 Å². The average Bonchev–Trinajstić information content (AvgIpc) is 3.10. The molecule has 0 saturated heterocycles. The topological polar surface area (TPSA) is 46.5 Å². The van der Waals surface area contributed by atoms with E-state index in [0.717, 1.165) is 18.4 Å². The lowest BCUT2D eigenvalue weighted by Crippen LogP contribution is -2.70. The van der Waals surface area contributed by atoms with Gasteiger partial charge in [-0.15, -0.1) is 0 Å². The van der Waals surface area contributed by atoms with E-state index in [0.29, 0.717) is 6.42 Å². The smallest absolute Gasteiger partial charge is 0.261 e. The molecule has 1 N–H and O–H groups in total. The van der Waals surface area contributed by atoms with Crippen LogP contribution < -0.4 is 10.4 Å². The van der Waals surface area contributed by atoms with Crippen molar-refractivity contribution in [1.29, 1.82) is 0 Å². The third-order valence-electron chi connectivity index (χ3n) is 6.99. The highest BCUT2D eigenvalue weighted by molar-refractivity contribution is 6.99. The normalized spacial score (nSPS) is 27.0. The SMILES string of the molecule is CC(C)(C)[Si](O[C@@H]1CCC2=CC(=O)C[C@H]2[C@]1(C)O)(c1ccccc1)c1ccccc1. The number of rotatable bonds is 4. The van der Waals surface area contributed by atoms with Gasteiger partial charge in [-0.3, -0.25) is 4.79 Å². The van der Waals surface area contributed by atoms with Crippen molar-refractivity contribution in [3.63, 3.8) is 0 Å². The summed E-state index contributed by atoms with van der Waals surface area (Å²) in [6, 6.07) is 21.1. The van der Waals surface area contributed by atoms with Crippen LogP contribution in [0.4, 0.5) is 0 Å². The third-order valence-corrected chi connectivity index (χ3v) is 12.0. The van der Waals surface area contributed by atoms with Crippen molar-refractivity contribution in [3.05, 3.63) is 72.3 Å². The molecule has 2 aliphatic carbocycles. The molecule has 4 heteroatoms. The van der Waals surface area contributed by atoms with E-state index in [2.05, 4.69) is 69.3 Å². The zero-order valence-corrected chi connectivity index (χ0v) is 19.4. The third kappa shape index (κ3) is 3.41. The highest BCUT2D eigenvalue weighted by atomic mass is 28.4. The van der Waals surface area contributed by atoms with Gasteiger partial charge in [0.1, 0.15) is 0 Å². The maximum atomic E-state index is 12.1. The highest BCUT2D eigenvalue weighted by Crippen LogP contribution is 2.47. The number of aliphatic hydroxyl groups is 1. The van der Waals surface area contributed by atoms with E-state index in [1.165, 1.54) is 10.4 Å². The molecule has 4 rings (SSSR count). The molecule has 0 bridgehead atoms. The second kappa shape index (κ2) is 7.59. The van der Waals surface area contributed by atoms with Crippen molar-refractivity contribution >= 4 is 24.5 Å². The molecule has 2 aromatic rings. The number of hydrogen-bond donors (Lipinski definition) is 1.